The highest BCUT2D eigenvalue weighted by Gasteiger charge is 2.20. The first-order valence-electron chi connectivity index (χ1n) is 6.90. The molecule has 1 aromatic rings. The first-order valence-corrected chi connectivity index (χ1v) is 6.90. The van der Waals surface area contributed by atoms with Gasteiger partial charge in [0, 0.05) is 12.1 Å². The van der Waals surface area contributed by atoms with Crippen molar-refractivity contribution < 1.29 is 4.39 Å². The lowest BCUT2D eigenvalue weighted by Crippen LogP contribution is -2.33. The molecule has 0 radical (unpaired) electrons. The number of nitrogens with two attached hydrogens (primary N) is 1. The van der Waals surface area contributed by atoms with Crippen LogP contribution in [0.1, 0.15) is 31.7 Å². The Kier molecular flexibility index (Phi) is 4.72. The normalized spacial score (nSPS) is 22.3. The fourth-order valence-corrected chi connectivity index (χ4v) is 2.71. The van der Waals surface area contributed by atoms with Crippen molar-refractivity contribution in [2.45, 2.75) is 44.7 Å². The molecule has 100 valence electrons. The second-order valence-corrected chi connectivity index (χ2v) is 5.37. The molecule has 2 atom stereocenters. The highest BCUT2D eigenvalue weighted by molar-refractivity contribution is 5.18. The molecule has 1 saturated heterocycles. The molecule has 1 aromatic carbocycles. The van der Waals surface area contributed by atoms with Crippen molar-refractivity contribution in [2.75, 3.05) is 13.1 Å². The Morgan fingerprint density at radius 3 is 2.89 bits per heavy atom. The minimum atomic E-state index is -0.137. The summed E-state index contributed by atoms with van der Waals surface area (Å²) < 4.78 is 13.5. The topological polar surface area (TPSA) is 29.3 Å². The van der Waals surface area contributed by atoms with E-state index in [1.54, 1.807) is 6.07 Å². The molecule has 1 fully saturated rings. The average Bonchev–Trinajstić information content (AvgIpc) is 2.75. The van der Waals surface area contributed by atoms with Crippen molar-refractivity contribution in [3.63, 3.8) is 0 Å². The van der Waals surface area contributed by atoms with E-state index in [1.807, 2.05) is 12.1 Å². The minimum Gasteiger partial charge on any atom is -0.327 e. The fourth-order valence-electron chi connectivity index (χ4n) is 2.71. The molecule has 0 aromatic heterocycles. The van der Waals surface area contributed by atoms with Crippen LogP contribution in [0.15, 0.2) is 24.3 Å². The van der Waals surface area contributed by atoms with Gasteiger partial charge in [0.15, 0.2) is 0 Å². The average molecular weight is 250 g/mol. The zero-order valence-corrected chi connectivity index (χ0v) is 11.1. The monoisotopic (exact) mass is 250 g/mol. The number of nitrogens with zero attached hydrogens (tertiary/aromatic N) is 1. The van der Waals surface area contributed by atoms with E-state index in [1.165, 1.54) is 25.5 Å². The van der Waals surface area contributed by atoms with E-state index < -0.39 is 0 Å². The molecular weight excluding hydrogens is 227 g/mol. The van der Waals surface area contributed by atoms with Crippen LogP contribution in [-0.4, -0.2) is 30.1 Å². The molecule has 1 aliphatic rings. The van der Waals surface area contributed by atoms with E-state index in [0.717, 1.165) is 18.5 Å². The van der Waals surface area contributed by atoms with Crippen LogP contribution in [0, 0.1) is 5.82 Å². The number of rotatable bonds is 5. The highest BCUT2D eigenvalue weighted by Crippen LogP contribution is 2.17. The first-order chi connectivity index (χ1) is 8.66. The molecule has 0 saturated carbocycles. The molecule has 0 spiro atoms. The predicted octanol–water partition coefficient (Wildman–Crippen LogP) is 2.57. The lowest BCUT2D eigenvalue weighted by atomic mass is 10.0. The van der Waals surface area contributed by atoms with Crippen LogP contribution in [0.25, 0.3) is 0 Å². The van der Waals surface area contributed by atoms with Crippen LogP contribution in [0.4, 0.5) is 4.39 Å². The van der Waals surface area contributed by atoms with Crippen LogP contribution in [-0.2, 0) is 6.42 Å². The van der Waals surface area contributed by atoms with Gasteiger partial charge < -0.3 is 10.6 Å². The molecule has 0 unspecified atom stereocenters. The Labute approximate surface area is 109 Å². The van der Waals surface area contributed by atoms with Crippen LogP contribution < -0.4 is 5.73 Å². The van der Waals surface area contributed by atoms with E-state index in [-0.39, 0.29) is 11.9 Å². The zero-order valence-electron chi connectivity index (χ0n) is 11.1. The van der Waals surface area contributed by atoms with Gasteiger partial charge in [-0.25, -0.2) is 4.39 Å². The van der Waals surface area contributed by atoms with Crippen molar-refractivity contribution in [1.29, 1.82) is 0 Å². The summed E-state index contributed by atoms with van der Waals surface area (Å²) in [5, 5.41) is 0. The van der Waals surface area contributed by atoms with Crippen LogP contribution in [0.5, 0.6) is 0 Å². The SMILES string of the molecule is C[C@@H]1CCCN1CC[C@H](N)Cc1ccccc1F. The van der Waals surface area contributed by atoms with E-state index in [9.17, 15) is 4.39 Å². The van der Waals surface area contributed by atoms with Crippen molar-refractivity contribution in [1.82, 2.24) is 4.90 Å². The summed E-state index contributed by atoms with van der Waals surface area (Å²) >= 11 is 0. The molecule has 2 nitrogen and oxygen atoms in total. The summed E-state index contributed by atoms with van der Waals surface area (Å²) in [4.78, 5) is 2.49. The standard InChI is InChI=1S/C15H23FN2/c1-12-5-4-9-18(12)10-8-14(17)11-13-6-2-3-7-15(13)16/h2-3,6-7,12,14H,4-5,8-11,17H2,1H3/t12-,14+/m1/s1. The molecule has 3 heteroatoms. The van der Waals surface area contributed by atoms with E-state index in [2.05, 4.69) is 11.8 Å². The Bertz CT molecular complexity index is 381. The van der Waals surface area contributed by atoms with Crippen molar-refractivity contribution in [3.8, 4) is 0 Å². The quantitative estimate of drug-likeness (QED) is 0.870. The Hall–Kier alpha value is -0.930. The summed E-state index contributed by atoms with van der Waals surface area (Å²) in [7, 11) is 0. The van der Waals surface area contributed by atoms with Gasteiger partial charge in [-0.05, 0) is 57.3 Å². The maximum atomic E-state index is 13.5. The van der Waals surface area contributed by atoms with Gasteiger partial charge >= 0.3 is 0 Å². The summed E-state index contributed by atoms with van der Waals surface area (Å²) in [5.74, 6) is -0.137. The summed E-state index contributed by atoms with van der Waals surface area (Å²) in [6.07, 6.45) is 4.17. The molecule has 0 bridgehead atoms. The van der Waals surface area contributed by atoms with Crippen LogP contribution >= 0.6 is 0 Å². The molecule has 0 aliphatic carbocycles. The highest BCUT2D eigenvalue weighted by atomic mass is 19.1. The Balaban J connectivity index is 1.78. The van der Waals surface area contributed by atoms with Crippen LogP contribution in [0.2, 0.25) is 0 Å². The second-order valence-electron chi connectivity index (χ2n) is 5.37. The van der Waals surface area contributed by atoms with Gasteiger partial charge in [-0.2, -0.15) is 0 Å². The maximum absolute atomic E-state index is 13.5. The van der Waals surface area contributed by atoms with Gasteiger partial charge in [-0.1, -0.05) is 18.2 Å². The van der Waals surface area contributed by atoms with E-state index in [4.69, 9.17) is 5.73 Å². The summed E-state index contributed by atoms with van der Waals surface area (Å²) in [6, 6.07) is 7.66. The molecule has 0 amide bonds. The fraction of sp³-hybridized carbons (Fsp3) is 0.600. The number of hydrogen-bond acceptors (Lipinski definition) is 2. The Morgan fingerprint density at radius 1 is 1.44 bits per heavy atom. The summed E-state index contributed by atoms with van der Waals surface area (Å²) in [5.41, 5.74) is 6.84. The largest absolute Gasteiger partial charge is 0.327 e. The Morgan fingerprint density at radius 2 is 2.22 bits per heavy atom. The number of halogens is 1. The van der Waals surface area contributed by atoms with E-state index in [0.29, 0.717) is 12.5 Å². The maximum Gasteiger partial charge on any atom is 0.126 e. The predicted molar refractivity (Wildman–Crippen MR) is 73.0 cm³/mol. The van der Waals surface area contributed by atoms with Gasteiger partial charge in [-0.15, -0.1) is 0 Å². The molecule has 1 aliphatic heterocycles. The van der Waals surface area contributed by atoms with Gasteiger partial charge in [0.2, 0.25) is 0 Å². The lowest BCUT2D eigenvalue weighted by molar-refractivity contribution is 0.257. The first kappa shape index (κ1) is 13.5. The van der Waals surface area contributed by atoms with Gasteiger partial charge in [-0.3, -0.25) is 0 Å². The third-order valence-electron chi connectivity index (χ3n) is 3.92. The zero-order chi connectivity index (χ0) is 13.0. The number of hydrogen-bond donors (Lipinski definition) is 1. The minimum absolute atomic E-state index is 0.0506. The lowest BCUT2D eigenvalue weighted by Gasteiger charge is -2.22. The molecule has 2 N–H and O–H groups in total. The van der Waals surface area contributed by atoms with Gasteiger partial charge in [0.1, 0.15) is 5.82 Å². The van der Waals surface area contributed by atoms with Crippen molar-refractivity contribution in [2.24, 2.45) is 5.73 Å². The molecule has 2 rings (SSSR count). The summed E-state index contributed by atoms with van der Waals surface area (Å²) in [6.45, 7) is 4.50. The van der Waals surface area contributed by atoms with Gasteiger partial charge in [0.25, 0.3) is 0 Å². The smallest absolute Gasteiger partial charge is 0.126 e. The number of benzene rings is 1. The third-order valence-corrected chi connectivity index (χ3v) is 3.92. The molecule has 18 heavy (non-hydrogen) atoms. The van der Waals surface area contributed by atoms with Gasteiger partial charge in [0.05, 0.1) is 0 Å². The molecule has 1 heterocycles. The second kappa shape index (κ2) is 6.30. The number of likely N-dealkylation sites (tertiary alicyclic amines) is 1. The third kappa shape index (κ3) is 3.53. The van der Waals surface area contributed by atoms with E-state index >= 15 is 0 Å². The van der Waals surface area contributed by atoms with Crippen molar-refractivity contribution in [3.05, 3.63) is 35.6 Å². The van der Waals surface area contributed by atoms with Crippen molar-refractivity contribution >= 4 is 0 Å². The van der Waals surface area contributed by atoms with Crippen LogP contribution in [0.3, 0.4) is 0 Å². The molecular formula is C15H23FN2.